The van der Waals surface area contributed by atoms with E-state index in [-0.39, 0.29) is 0 Å². The summed E-state index contributed by atoms with van der Waals surface area (Å²) in [7, 11) is 0. The van der Waals surface area contributed by atoms with Gasteiger partial charge in [0, 0.05) is 0 Å². The summed E-state index contributed by atoms with van der Waals surface area (Å²) >= 11 is 0. The van der Waals surface area contributed by atoms with Gasteiger partial charge in [-0.3, -0.25) is 0 Å². The smallest absolute Gasteiger partial charge is 0.0329 e. The van der Waals surface area contributed by atoms with Crippen LogP contribution >= 0.6 is 0 Å². The van der Waals surface area contributed by atoms with Gasteiger partial charge in [-0.15, -0.1) is 0 Å². The molecule has 0 saturated heterocycles. The molecule has 7 unspecified atom stereocenters. The molecule has 14 heavy (non-hydrogen) atoms. The second-order valence-electron chi connectivity index (χ2n) is 6.23. The summed E-state index contributed by atoms with van der Waals surface area (Å²) in [5.41, 5.74) is 0. The van der Waals surface area contributed by atoms with E-state index in [0.717, 1.165) is 41.4 Å². The summed E-state index contributed by atoms with van der Waals surface area (Å²) in [6.45, 7) is 12.4. The van der Waals surface area contributed by atoms with Crippen LogP contribution < -0.4 is 0 Å². The van der Waals surface area contributed by atoms with E-state index in [2.05, 4.69) is 34.6 Å². The molecular weight excluding hydrogens is 168 g/mol. The van der Waals surface area contributed by atoms with Gasteiger partial charge < -0.3 is 0 Å². The topological polar surface area (TPSA) is 0 Å². The molecule has 0 amide bonds. The minimum Gasteiger partial charge on any atom is -0.0622 e. The van der Waals surface area contributed by atoms with Gasteiger partial charge in [0.05, 0.1) is 0 Å². The summed E-state index contributed by atoms with van der Waals surface area (Å²) in [4.78, 5) is 0. The molecule has 0 bridgehead atoms. The third kappa shape index (κ3) is 1.33. The molecule has 82 valence electrons. The molecule has 2 fully saturated rings. The van der Waals surface area contributed by atoms with Crippen LogP contribution in [0.2, 0.25) is 0 Å². The van der Waals surface area contributed by atoms with Gasteiger partial charge in [0.1, 0.15) is 0 Å². The Morgan fingerprint density at radius 2 is 1.21 bits per heavy atom. The van der Waals surface area contributed by atoms with E-state index in [9.17, 15) is 0 Å². The van der Waals surface area contributed by atoms with Gasteiger partial charge in [0.25, 0.3) is 0 Å². The molecule has 2 saturated carbocycles. The van der Waals surface area contributed by atoms with Crippen molar-refractivity contribution in [3.8, 4) is 0 Å². The third-order valence-corrected chi connectivity index (χ3v) is 5.88. The maximum atomic E-state index is 2.51. The molecule has 0 spiro atoms. The zero-order valence-corrected chi connectivity index (χ0v) is 10.5. The van der Waals surface area contributed by atoms with Crippen molar-refractivity contribution in [1.29, 1.82) is 0 Å². The number of hydrogen-bond donors (Lipinski definition) is 0. The quantitative estimate of drug-likeness (QED) is 0.542. The van der Waals surface area contributed by atoms with Crippen molar-refractivity contribution >= 4 is 0 Å². The minimum atomic E-state index is 0.937. The van der Waals surface area contributed by atoms with E-state index in [0.29, 0.717) is 0 Å². The van der Waals surface area contributed by atoms with Crippen LogP contribution in [0.5, 0.6) is 0 Å². The van der Waals surface area contributed by atoms with Gasteiger partial charge in [0.15, 0.2) is 0 Å². The first-order valence-electron chi connectivity index (χ1n) is 6.54. The standard InChI is InChI=1S/C14H26/c1-8-6-7-13-11(4)9(2)10(3)12(5)14(8)13/h8-14H,6-7H2,1-5H3. The zero-order valence-electron chi connectivity index (χ0n) is 10.5. The fraction of sp³-hybridized carbons (Fsp3) is 1.00. The lowest BCUT2D eigenvalue weighted by Gasteiger charge is -2.47. The highest BCUT2D eigenvalue weighted by molar-refractivity contribution is 4.96. The van der Waals surface area contributed by atoms with E-state index < -0.39 is 0 Å². The van der Waals surface area contributed by atoms with Crippen molar-refractivity contribution in [2.75, 3.05) is 0 Å². The van der Waals surface area contributed by atoms with Crippen molar-refractivity contribution < 1.29 is 0 Å². The second kappa shape index (κ2) is 3.54. The summed E-state index contributed by atoms with van der Waals surface area (Å²) in [6.07, 6.45) is 3.00. The fourth-order valence-electron chi connectivity index (χ4n) is 4.48. The monoisotopic (exact) mass is 194 g/mol. The second-order valence-corrected chi connectivity index (χ2v) is 6.23. The predicted octanol–water partition coefficient (Wildman–Crippen LogP) is 4.21. The van der Waals surface area contributed by atoms with Crippen molar-refractivity contribution in [2.24, 2.45) is 41.4 Å². The van der Waals surface area contributed by atoms with Crippen LogP contribution in [-0.2, 0) is 0 Å². The largest absolute Gasteiger partial charge is 0.0622 e. The van der Waals surface area contributed by atoms with Crippen molar-refractivity contribution in [2.45, 2.75) is 47.5 Å². The van der Waals surface area contributed by atoms with E-state index in [1.807, 2.05) is 0 Å². The van der Waals surface area contributed by atoms with Gasteiger partial charge in [-0.05, 0) is 47.8 Å². The summed E-state index contributed by atoms with van der Waals surface area (Å²) < 4.78 is 0. The summed E-state index contributed by atoms with van der Waals surface area (Å²) in [6, 6.07) is 0. The molecule has 0 aromatic heterocycles. The normalized spacial score (nSPS) is 58.5. The Labute approximate surface area is 89.5 Å². The van der Waals surface area contributed by atoms with Crippen LogP contribution in [0.1, 0.15) is 47.5 Å². The lowest BCUT2D eigenvalue weighted by atomic mass is 9.58. The highest BCUT2D eigenvalue weighted by Gasteiger charge is 2.47. The molecule has 0 nitrogen and oxygen atoms in total. The Kier molecular flexibility index (Phi) is 2.66. The Morgan fingerprint density at radius 1 is 0.643 bits per heavy atom. The number of rotatable bonds is 0. The maximum absolute atomic E-state index is 2.51. The number of fused-ring (bicyclic) bond motifs is 1. The first-order chi connectivity index (χ1) is 6.54. The highest BCUT2D eigenvalue weighted by atomic mass is 14.5. The maximum Gasteiger partial charge on any atom is -0.0329 e. The molecule has 0 aromatic rings. The molecule has 0 N–H and O–H groups in total. The van der Waals surface area contributed by atoms with Gasteiger partial charge in [-0.1, -0.05) is 41.0 Å². The predicted molar refractivity (Wildman–Crippen MR) is 62.0 cm³/mol. The van der Waals surface area contributed by atoms with Crippen LogP contribution in [-0.4, -0.2) is 0 Å². The molecule has 0 radical (unpaired) electrons. The Morgan fingerprint density at radius 3 is 1.86 bits per heavy atom. The van der Waals surface area contributed by atoms with Crippen molar-refractivity contribution in [1.82, 2.24) is 0 Å². The molecule has 0 aliphatic heterocycles. The van der Waals surface area contributed by atoms with Gasteiger partial charge in [-0.25, -0.2) is 0 Å². The Bertz CT molecular complexity index is 208. The summed E-state index contributed by atoms with van der Waals surface area (Å²) in [5.74, 6) is 6.89. The molecule has 2 rings (SSSR count). The van der Waals surface area contributed by atoms with E-state index in [4.69, 9.17) is 0 Å². The van der Waals surface area contributed by atoms with E-state index in [1.165, 1.54) is 12.8 Å². The Hall–Kier alpha value is 0. The van der Waals surface area contributed by atoms with Crippen LogP contribution in [0, 0.1) is 41.4 Å². The van der Waals surface area contributed by atoms with Crippen molar-refractivity contribution in [3.05, 3.63) is 0 Å². The average Bonchev–Trinajstić information content (AvgIpc) is 2.54. The number of hydrogen-bond acceptors (Lipinski definition) is 0. The minimum absolute atomic E-state index is 0.937. The average molecular weight is 194 g/mol. The van der Waals surface area contributed by atoms with Crippen LogP contribution in [0.3, 0.4) is 0 Å². The lowest BCUT2D eigenvalue weighted by molar-refractivity contribution is 0.0148. The molecule has 2 aliphatic carbocycles. The molecule has 0 aromatic carbocycles. The fourth-order valence-corrected chi connectivity index (χ4v) is 4.48. The third-order valence-electron chi connectivity index (χ3n) is 5.88. The van der Waals surface area contributed by atoms with Gasteiger partial charge >= 0.3 is 0 Å². The van der Waals surface area contributed by atoms with Crippen molar-refractivity contribution in [3.63, 3.8) is 0 Å². The summed E-state index contributed by atoms with van der Waals surface area (Å²) in [5, 5.41) is 0. The first-order valence-corrected chi connectivity index (χ1v) is 6.54. The zero-order chi connectivity index (χ0) is 10.5. The lowest BCUT2D eigenvalue weighted by Crippen LogP contribution is -2.41. The molecule has 0 heteroatoms. The van der Waals surface area contributed by atoms with Crippen LogP contribution in [0.15, 0.2) is 0 Å². The van der Waals surface area contributed by atoms with Crippen LogP contribution in [0.25, 0.3) is 0 Å². The molecule has 7 atom stereocenters. The molecule has 2 aliphatic rings. The molecular formula is C14H26. The first kappa shape index (κ1) is 10.5. The highest BCUT2D eigenvalue weighted by Crippen LogP contribution is 2.54. The van der Waals surface area contributed by atoms with Gasteiger partial charge in [0.2, 0.25) is 0 Å². The molecule has 0 heterocycles. The van der Waals surface area contributed by atoms with E-state index in [1.54, 1.807) is 0 Å². The Balaban J connectivity index is 2.23. The van der Waals surface area contributed by atoms with Crippen LogP contribution in [0.4, 0.5) is 0 Å². The van der Waals surface area contributed by atoms with E-state index >= 15 is 0 Å². The SMILES string of the molecule is CC1CCC2C(C)C(C)C(C)C(C)C12. The van der Waals surface area contributed by atoms with Gasteiger partial charge in [-0.2, -0.15) is 0 Å².